The predicted molar refractivity (Wildman–Crippen MR) is 64.2 cm³/mol. The van der Waals surface area contributed by atoms with Crippen LogP contribution in [-0.2, 0) is 13.0 Å². The lowest BCUT2D eigenvalue weighted by atomic mass is 10.0. The summed E-state index contributed by atoms with van der Waals surface area (Å²) in [5.74, 6) is 1.15. The summed E-state index contributed by atoms with van der Waals surface area (Å²) in [7, 11) is 0. The van der Waals surface area contributed by atoms with Gasteiger partial charge in [0.2, 0.25) is 0 Å². The first-order valence-corrected chi connectivity index (χ1v) is 6.37. The lowest BCUT2D eigenvalue weighted by Crippen LogP contribution is -2.27. The minimum Gasteiger partial charge on any atom is -0.316 e. The second-order valence-electron chi connectivity index (χ2n) is 4.85. The summed E-state index contributed by atoms with van der Waals surface area (Å²) in [6.45, 7) is 7.51. The number of nitrogens with zero attached hydrogens (tertiary/aromatic N) is 3. The Kier molecular flexibility index (Phi) is 3.59. The van der Waals surface area contributed by atoms with Crippen molar-refractivity contribution < 1.29 is 0 Å². The Bertz CT molecular complexity index is 328. The van der Waals surface area contributed by atoms with E-state index in [1.165, 1.54) is 19.3 Å². The second-order valence-corrected chi connectivity index (χ2v) is 4.85. The summed E-state index contributed by atoms with van der Waals surface area (Å²) in [6, 6.07) is 0. The van der Waals surface area contributed by atoms with Gasteiger partial charge in [0.15, 0.2) is 0 Å². The first-order valence-electron chi connectivity index (χ1n) is 6.37. The molecule has 0 saturated heterocycles. The predicted octanol–water partition coefficient (Wildman–Crippen LogP) is 1.62. The Morgan fingerprint density at radius 2 is 2.25 bits per heavy atom. The van der Waals surface area contributed by atoms with Gasteiger partial charge in [-0.2, -0.15) is 5.10 Å². The molecule has 1 aliphatic rings. The Hall–Kier alpha value is -0.900. The lowest BCUT2D eigenvalue weighted by Gasteiger charge is -2.15. The molecule has 0 spiro atoms. The van der Waals surface area contributed by atoms with E-state index in [0.29, 0.717) is 5.41 Å². The van der Waals surface area contributed by atoms with Crippen molar-refractivity contribution in [2.45, 2.75) is 46.1 Å². The molecule has 90 valence electrons. The smallest absolute Gasteiger partial charge is 0.138 e. The normalized spacial score (nSPS) is 17.6. The van der Waals surface area contributed by atoms with Crippen molar-refractivity contribution >= 4 is 0 Å². The molecule has 0 aromatic carbocycles. The topological polar surface area (TPSA) is 42.7 Å². The van der Waals surface area contributed by atoms with Crippen LogP contribution >= 0.6 is 0 Å². The molecule has 1 aliphatic carbocycles. The summed E-state index contributed by atoms with van der Waals surface area (Å²) in [5, 5.41) is 7.76. The minimum absolute atomic E-state index is 0.481. The molecule has 0 aliphatic heterocycles. The molecule has 0 unspecified atom stereocenters. The van der Waals surface area contributed by atoms with Crippen molar-refractivity contribution in [2.75, 3.05) is 13.1 Å². The molecule has 1 N–H and O–H groups in total. The fraction of sp³-hybridized carbons (Fsp3) is 0.833. The van der Waals surface area contributed by atoms with Crippen LogP contribution < -0.4 is 5.32 Å². The average molecular weight is 222 g/mol. The van der Waals surface area contributed by atoms with E-state index in [-0.39, 0.29) is 0 Å². The summed E-state index contributed by atoms with van der Waals surface area (Å²) in [4.78, 5) is 4.36. The third-order valence-corrected chi connectivity index (χ3v) is 3.41. The average Bonchev–Trinajstić information content (AvgIpc) is 2.90. The zero-order valence-corrected chi connectivity index (χ0v) is 10.4. The monoisotopic (exact) mass is 222 g/mol. The van der Waals surface area contributed by atoms with Crippen LogP contribution in [0.4, 0.5) is 0 Å². The maximum atomic E-state index is 4.36. The first kappa shape index (κ1) is 11.6. The zero-order valence-electron chi connectivity index (χ0n) is 10.4. The van der Waals surface area contributed by atoms with E-state index in [4.69, 9.17) is 0 Å². The third-order valence-electron chi connectivity index (χ3n) is 3.41. The summed E-state index contributed by atoms with van der Waals surface area (Å²) >= 11 is 0. The van der Waals surface area contributed by atoms with E-state index in [1.54, 1.807) is 6.33 Å². The van der Waals surface area contributed by atoms with Crippen molar-refractivity contribution in [1.82, 2.24) is 20.1 Å². The van der Waals surface area contributed by atoms with Gasteiger partial charge in [0.1, 0.15) is 12.2 Å². The fourth-order valence-corrected chi connectivity index (χ4v) is 2.15. The van der Waals surface area contributed by atoms with E-state index in [1.807, 2.05) is 4.68 Å². The van der Waals surface area contributed by atoms with Gasteiger partial charge in [-0.25, -0.2) is 4.98 Å². The van der Waals surface area contributed by atoms with Crippen LogP contribution in [-0.4, -0.2) is 27.9 Å². The first-order chi connectivity index (χ1) is 7.79. The number of aryl methyl sites for hydroxylation is 1. The van der Waals surface area contributed by atoms with E-state index in [2.05, 4.69) is 29.2 Å². The summed E-state index contributed by atoms with van der Waals surface area (Å²) < 4.78 is 2.01. The Morgan fingerprint density at radius 3 is 2.88 bits per heavy atom. The molecule has 4 heteroatoms. The number of aromatic nitrogens is 3. The highest BCUT2D eigenvalue weighted by Crippen LogP contribution is 2.47. The van der Waals surface area contributed by atoms with Crippen LogP contribution in [0.1, 0.15) is 38.9 Å². The van der Waals surface area contributed by atoms with Crippen LogP contribution in [0.3, 0.4) is 0 Å². The van der Waals surface area contributed by atoms with Gasteiger partial charge in [-0.15, -0.1) is 0 Å². The molecule has 1 saturated carbocycles. The van der Waals surface area contributed by atoms with Crippen molar-refractivity contribution in [3.05, 3.63) is 12.2 Å². The Balaban J connectivity index is 1.88. The number of nitrogens with one attached hydrogen (secondary N) is 1. The van der Waals surface area contributed by atoms with Gasteiger partial charge in [-0.05, 0) is 38.1 Å². The van der Waals surface area contributed by atoms with Crippen LogP contribution in [0.2, 0.25) is 0 Å². The molecule has 0 bridgehead atoms. The van der Waals surface area contributed by atoms with E-state index < -0.39 is 0 Å². The Morgan fingerprint density at radius 1 is 1.44 bits per heavy atom. The molecule has 16 heavy (non-hydrogen) atoms. The summed E-state index contributed by atoms with van der Waals surface area (Å²) in [5.41, 5.74) is 0.481. The maximum Gasteiger partial charge on any atom is 0.138 e. The van der Waals surface area contributed by atoms with Crippen molar-refractivity contribution in [1.29, 1.82) is 0 Å². The van der Waals surface area contributed by atoms with Gasteiger partial charge in [0.05, 0.1) is 0 Å². The largest absolute Gasteiger partial charge is 0.316 e. The molecule has 1 heterocycles. The maximum absolute atomic E-state index is 4.36. The molecule has 1 fully saturated rings. The van der Waals surface area contributed by atoms with E-state index in [0.717, 1.165) is 31.9 Å². The van der Waals surface area contributed by atoms with Crippen LogP contribution in [0, 0.1) is 5.41 Å². The molecule has 0 atom stereocenters. The zero-order chi connectivity index (χ0) is 11.4. The lowest BCUT2D eigenvalue weighted by molar-refractivity contribution is 0.432. The molecule has 1 aromatic heterocycles. The molecule has 2 rings (SSSR count). The molecule has 0 radical (unpaired) electrons. The number of hydrogen-bond donors (Lipinski definition) is 1. The van der Waals surface area contributed by atoms with Crippen molar-refractivity contribution in [2.24, 2.45) is 5.41 Å². The second kappa shape index (κ2) is 4.95. The van der Waals surface area contributed by atoms with Gasteiger partial charge in [0, 0.05) is 19.5 Å². The quantitative estimate of drug-likeness (QED) is 0.713. The third kappa shape index (κ3) is 2.61. The molecule has 1 aromatic rings. The van der Waals surface area contributed by atoms with Gasteiger partial charge >= 0.3 is 0 Å². The van der Waals surface area contributed by atoms with Crippen molar-refractivity contribution in [3.63, 3.8) is 0 Å². The van der Waals surface area contributed by atoms with Crippen LogP contribution in [0.25, 0.3) is 0 Å². The van der Waals surface area contributed by atoms with Crippen LogP contribution in [0.15, 0.2) is 6.33 Å². The van der Waals surface area contributed by atoms with E-state index >= 15 is 0 Å². The molecular weight excluding hydrogens is 200 g/mol. The highest BCUT2D eigenvalue weighted by atomic mass is 15.3. The van der Waals surface area contributed by atoms with E-state index in [9.17, 15) is 0 Å². The molecular formula is C12H22N4. The fourth-order valence-electron chi connectivity index (χ4n) is 2.15. The van der Waals surface area contributed by atoms with Crippen LogP contribution in [0.5, 0.6) is 0 Å². The minimum atomic E-state index is 0.481. The van der Waals surface area contributed by atoms with Gasteiger partial charge in [-0.3, -0.25) is 4.68 Å². The number of hydrogen-bond acceptors (Lipinski definition) is 3. The van der Waals surface area contributed by atoms with Gasteiger partial charge in [0.25, 0.3) is 0 Å². The summed E-state index contributed by atoms with van der Waals surface area (Å²) in [6.07, 6.45) is 6.63. The highest BCUT2D eigenvalue weighted by Gasteiger charge is 2.43. The SMILES string of the molecule is CCCNCC1(Cc2ncnn2CC)CC1. The Labute approximate surface area is 97.5 Å². The van der Waals surface area contributed by atoms with Gasteiger partial charge in [-0.1, -0.05) is 6.92 Å². The number of rotatable bonds is 7. The van der Waals surface area contributed by atoms with Gasteiger partial charge < -0.3 is 5.32 Å². The molecule has 0 amide bonds. The highest BCUT2D eigenvalue weighted by molar-refractivity contribution is 5.03. The standard InChI is InChI=1S/C12H22N4/c1-3-7-13-9-12(5-6-12)8-11-14-10-15-16(11)4-2/h10,13H,3-9H2,1-2H3. The molecule has 4 nitrogen and oxygen atoms in total. The van der Waals surface area contributed by atoms with Crippen molar-refractivity contribution in [3.8, 4) is 0 Å².